The summed E-state index contributed by atoms with van der Waals surface area (Å²) in [4.78, 5) is 11.7. The third-order valence-corrected chi connectivity index (χ3v) is 2.70. The molecular weight excluding hydrogens is 321 g/mol. The van der Waals surface area contributed by atoms with Crippen molar-refractivity contribution in [1.82, 2.24) is 0 Å². The van der Waals surface area contributed by atoms with Gasteiger partial charge in [-0.1, -0.05) is 11.6 Å². The van der Waals surface area contributed by atoms with Crippen LogP contribution in [0, 0.1) is 0 Å². The van der Waals surface area contributed by atoms with E-state index in [9.17, 15) is 18.0 Å². The number of carbonyl (C=O) groups excluding carboxylic acids is 1. The number of hydrogen-bond donors (Lipinski definition) is 2. The Labute approximate surface area is 128 Å². The van der Waals surface area contributed by atoms with Crippen LogP contribution in [0.15, 0.2) is 48.5 Å². The maximum atomic E-state index is 12.0. The van der Waals surface area contributed by atoms with E-state index < -0.39 is 12.4 Å². The fraction of sp³-hybridized carbons (Fsp3) is 0.0714. The van der Waals surface area contributed by atoms with E-state index in [0.29, 0.717) is 16.4 Å². The summed E-state index contributed by atoms with van der Waals surface area (Å²) in [6.07, 6.45) is -4.75. The van der Waals surface area contributed by atoms with Crippen LogP contribution in [-0.2, 0) is 0 Å². The number of anilines is 2. The highest BCUT2D eigenvalue weighted by molar-refractivity contribution is 6.30. The Balaban J connectivity index is 1.93. The number of alkyl halides is 3. The zero-order valence-electron chi connectivity index (χ0n) is 10.9. The summed E-state index contributed by atoms with van der Waals surface area (Å²) in [5.41, 5.74) is 0.847. The SMILES string of the molecule is O=C(Nc1ccc(Cl)cc1)Nc1ccc(OC(F)(F)F)cc1. The van der Waals surface area contributed by atoms with Gasteiger partial charge in [-0.2, -0.15) is 0 Å². The van der Waals surface area contributed by atoms with Gasteiger partial charge in [-0.3, -0.25) is 0 Å². The van der Waals surface area contributed by atoms with Gasteiger partial charge in [0, 0.05) is 16.4 Å². The summed E-state index contributed by atoms with van der Waals surface area (Å²) in [7, 11) is 0. The molecule has 0 aromatic heterocycles. The maximum Gasteiger partial charge on any atom is 0.573 e. The highest BCUT2D eigenvalue weighted by Crippen LogP contribution is 2.24. The molecule has 0 aliphatic carbocycles. The second-order valence-corrected chi connectivity index (χ2v) is 4.59. The Kier molecular flexibility index (Phi) is 4.77. The lowest BCUT2D eigenvalue weighted by molar-refractivity contribution is -0.274. The van der Waals surface area contributed by atoms with E-state index in [1.807, 2.05) is 0 Å². The zero-order valence-corrected chi connectivity index (χ0v) is 11.7. The third-order valence-electron chi connectivity index (χ3n) is 2.45. The minimum absolute atomic E-state index is 0.320. The lowest BCUT2D eigenvalue weighted by Gasteiger charge is -2.10. The van der Waals surface area contributed by atoms with Crippen molar-refractivity contribution >= 4 is 29.0 Å². The van der Waals surface area contributed by atoms with E-state index in [1.54, 1.807) is 24.3 Å². The van der Waals surface area contributed by atoms with E-state index in [1.165, 1.54) is 12.1 Å². The summed E-state index contributed by atoms with van der Waals surface area (Å²) >= 11 is 5.72. The Morgan fingerprint density at radius 1 is 0.909 bits per heavy atom. The van der Waals surface area contributed by atoms with Crippen molar-refractivity contribution in [3.63, 3.8) is 0 Å². The molecule has 2 aromatic rings. The van der Waals surface area contributed by atoms with Crippen LogP contribution in [0.4, 0.5) is 29.3 Å². The lowest BCUT2D eigenvalue weighted by Crippen LogP contribution is -2.19. The minimum atomic E-state index is -4.75. The molecule has 0 heterocycles. The average Bonchev–Trinajstić information content (AvgIpc) is 2.42. The first-order valence-corrected chi connectivity index (χ1v) is 6.39. The first-order chi connectivity index (χ1) is 10.3. The highest BCUT2D eigenvalue weighted by Gasteiger charge is 2.30. The van der Waals surface area contributed by atoms with Crippen molar-refractivity contribution < 1.29 is 22.7 Å². The number of rotatable bonds is 3. The first-order valence-electron chi connectivity index (χ1n) is 6.01. The van der Waals surface area contributed by atoms with Crippen LogP contribution in [0.2, 0.25) is 5.02 Å². The molecular formula is C14H10ClF3N2O2. The van der Waals surface area contributed by atoms with Crippen molar-refractivity contribution in [2.24, 2.45) is 0 Å². The van der Waals surface area contributed by atoms with E-state index in [2.05, 4.69) is 15.4 Å². The van der Waals surface area contributed by atoms with Crippen LogP contribution in [0.3, 0.4) is 0 Å². The second kappa shape index (κ2) is 6.57. The largest absolute Gasteiger partial charge is 0.573 e. The zero-order chi connectivity index (χ0) is 16.2. The topological polar surface area (TPSA) is 50.4 Å². The van der Waals surface area contributed by atoms with Gasteiger partial charge in [0.2, 0.25) is 0 Å². The molecule has 0 radical (unpaired) electrons. The lowest BCUT2D eigenvalue weighted by atomic mass is 10.3. The number of amides is 2. The standard InChI is InChI=1S/C14H10ClF3N2O2/c15-9-1-3-10(4-2-9)19-13(21)20-11-5-7-12(8-6-11)22-14(16,17)18/h1-8H,(H2,19,20,21). The first kappa shape index (κ1) is 16.0. The van der Waals surface area contributed by atoms with Gasteiger partial charge in [0.1, 0.15) is 5.75 Å². The quantitative estimate of drug-likeness (QED) is 0.842. The van der Waals surface area contributed by atoms with E-state index in [-0.39, 0.29) is 5.75 Å². The summed E-state index contributed by atoms with van der Waals surface area (Å²) in [6, 6.07) is 10.7. The Hall–Kier alpha value is -2.41. The predicted octanol–water partition coefficient (Wildman–Crippen LogP) is 4.88. The van der Waals surface area contributed by atoms with E-state index in [0.717, 1.165) is 12.1 Å². The maximum absolute atomic E-state index is 12.0. The fourth-order valence-corrected chi connectivity index (χ4v) is 1.69. The molecule has 0 atom stereocenters. The van der Waals surface area contributed by atoms with Crippen molar-refractivity contribution in [1.29, 1.82) is 0 Å². The van der Waals surface area contributed by atoms with Gasteiger partial charge in [-0.15, -0.1) is 13.2 Å². The van der Waals surface area contributed by atoms with Gasteiger partial charge in [0.15, 0.2) is 0 Å². The molecule has 2 aromatic carbocycles. The fourth-order valence-electron chi connectivity index (χ4n) is 1.57. The molecule has 0 fully saturated rings. The van der Waals surface area contributed by atoms with Crippen LogP contribution in [0.5, 0.6) is 5.75 Å². The van der Waals surface area contributed by atoms with Gasteiger partial charge in [-0.25, -0.2) is 4.79 Å². The molecule has 0 unspecified atom stereocenters. The molecule has 0 saturated heterocycles. The molecule has 4 nitrogen and oxygen atoms in total. The van der Waals surface area contributed by atoms with Gasteiger partial charge in [-0.05, 0) is 48.5 Å². The highest BCUT2D eigenvalue weighted by atomic mass is 35.5. The van der Waals surface area contributed by atoms with Gasteiger partial charge in [0.25, 0.3) is 0 Å². The number of halogens is 4. The van der Waals surface area contributed by atoms with Crippen LogP contribution in [0.1, 0.15) is 0 Å². The molecule has 2 rings (SSSR count). The molecule has 2 N–H and O–H groups in total. The second-order valence-electron chi connectivity index (χ2n) is 4.16. The molecule has 0 saturated carbocycles. The van der Waals surface area contributed by atoms with E-state index >= 15 is 0 Å². The van der Waals surface area contributed by atoms with Crippen LogP contribution < -0.4 is 15.4 Å². The smallest absolute Gasteiger partial charge is 0.406 e. The molecule has 2 amide bonds. The van der Waals surface area contributed by atoms with Crippen LogP contribution in [-0.4, -0.2) is 12.4 Å². The van der Waals surface area contributed by atoms with Crippen molar-refractivity contribution in [2.45, 2.75) is 6.36 Å². The number of nitrogens with one attached hydrogen (secondary N) is 2. The number of carbonyl (C=O) groups is 1. The molecule has 8 heteroatoms. The summed E-state index contributed by atoms with van der Waals surface area (Å²) in [5, 5.41) is 5.56. The number of benzene rings is 2. The average molecular weight is 331 g/mol. The van der Waals surface area contributed by atoms with Crippen LogP contribution in [0.25, 0.3) is 0 Å². The molecule has 0 aliphatic heterocycles. The number of hydrogen-bond acceptors (Lipinski definition) is 2. The predicted molar refractivity (Wildman–Crippen MR) is 77.2 cm³/mol. The Morgan fingerprint density at radius 2 is 1.36 bits per heavy atom. The molecule has 116 valence electrons. The minimum Gasteiger partial charge on any atom is -0.406 e. The summed E-state index contributed by atoms with van der Waals surface area (Å²) < 4.78 is 39.8. The van der Waals surface area contributed by atoms with Gasteiger partial charge in [0.05, 0.1) is 0 Å². The normalized spacial score (nSPS) is 10.9. The monoisotopic (exact) mass is 330 g/mol. The van der Waals surface area contributed by atoms with Crippen molar-refractivity contribution in [3.05, 3.63) is 53.6 Å². The summed E-state index contributed by atoms with van der Waals surface area (Å²) in [5.74, 6) is -0.365. The number of urea groups is 1. The molecule has 0 spiro atoms. The molecule has 0 aliphatic rings. The summed E-state index contributed by atoms with van der Waals surface area (Å²) in [6.45, 7) is 0. The van der Waals surface area contributed by atoms with E-state index in [4.69, 9.17) is 11.6 Å². The Morgan fingerprint density at radius 3 is 1.82 bits per heavy atom. The van der Waals surface area contributed by atoms with Gasteiger partial charge >= 0.3 is 12.4 Å². The third kappa shape index (κ3) is 5.17. The van der Waals surface area contributed by atoms with Crippen molar-refractivity contribution in [2.75, 3.05) is 10.6 Å². The number of ether oxygens (including phenoxy) is 1. The Bertz CT molecular complexity index is 643. The molecule has 22 heavy (non-hydrogen) atoms. The van der Waals surface area contributed by atoms with Crippen LogP contribution >= 0.6 is 11.6 Å². The van der Waals surface area contributed by atoms with Gasteiger partial charge < -0.3 is 15.4 Å². The molecule has 0 bridgehead atoms. The van der Waals surface area contributed by atoms with Crippen molar-refractivity contribution in [3.8, 4) is 5.75 Å².